The van der Waals surface area contributed by atoms with Crippen LogP contribution in [0.25, 0.3) is 0 Å². The van der Waals surface area contributed by atoms with Crippen LogP contribution in [0, 0.1) is 0 Å². The van der Waals surface area contributed by atoms with Crippen molar-refractivity contribution in [3.63, 3.8) is 0 Å². The first-order valence-corrected chi connectivity index (χ1v) is 9.77. The van der Waals surface area contributed by atoms with Gasteiger partial charge in [0, 0.05) is 38.9 Å². The lowest BCUT2D eigenvalue weighted by Crippen LogP contribution is -2.34. The van der Waals surface area contributed by atoms with Gasteiger partial charge in [0.15, 0.2) is 17.2 Å². The Hall–Kier alpha value is -2.65. The first-order valence-electron chi connectivity index (χ1n) is 9.77. The minimum Gasteiger partial charge on any atom is -0.493 e. The van der Waals surface area contributed by atoms with E-state index in [9.17, 15) is 4.79 Å². The number of amides is 1. The second kappa shape index (κ2) is 10.2. The van der Waals surface area contributed by atoms with Gasteiger partial charge >= 0.3 is 0 Å². The molecule has 1 amide bonds. The van der Waals surface area contributed by atoms with Crippen LogP contribution in [0.3, 0.4) is 0 Å². The number of methoxy groups -OCH3 is 3. The fourth-order valence-electron chi connectivity index (χ4n) is 3.58. The Labute approximate surface area is 170 Å². The van der Waals surface area contributed by atoms with E-state index in [1.165, 1.54) is 0 Å². The number of likely N-dealkylation sites (tertiary alicyclic amines) is 1. The molecule has 1 aliphatic heterocycles. The van der Waals surface area contributed by atoms with Crippen LogP contribution in [0.1, 0.15) is 34.9 Å². The molecule has 9 nitrogen and oxygen atoms in total. The molecule has 0 radical (unpaired) electrons. The molecule has 1 fully saturated rings. The predicted octanol–water partition coefficient (Wildman–Crippen LogP) is 1.51. The molecule has 3 rings (SSSR count). The Balaban J connectivity index is 1.54. The predicted molar refractivity (Wildman–Crippen MR) is 107 cm³/mol. The maximum Gasteiger partial charge on any atom is 0.273 e. The summed E-state index contributed by atoms with van der Waals surface area (Å²) in [4.78, 5) is 14.5. The van der Waals surface area contributed by atoms with Crippen LogP contribution in [-0.2, 0) is 11.3 Å². The number of para-hydroxylation sites is 1. The maximum atomic E-state index is 12.1. The molecule has 1 aliphatic rings. The highest BCUT2D eigenvalue weighted by atomic mass is 16.5. The number of aromatic nitrogens is 3. The van der Waals surface area contributed by atoms with Crippen LogP contribution < -0.4 is 14.8 Å². The molecular weight excluding hydrogens is 374 g/mol. The third-order valence-electron chi connectivity index (χ3n) is 5.14. The van der Waals surface area contributed by atoms with Crippen LogP contribution in [0.5, 0.6) is 11.5 Å². The zero-order valence-corrected chi connectivity index (χ0v) is 17.3. The van der Waals surface area contributed by atoms with Gasteiger partial charge in [0.2, 0.25) is 0 Å². The topological polar surface area (TPSA) is 90.7 Å². The van der Waals surface area contributed by atoms with Gasteiger partial charge in [-0.25, -0.2) is 4.68 Å². The number of nitrogens with zero attached hydrogens (tertiary/aromatic N) is 4. The second-order valence-corrected chi connectivity index (χ2v) is 6.99. The fraction of sp³-hybridized carbons (Fsp3) is 0.550. The summed E-state index contributed by atoms with van der Waals surface area (Å²) >= 11 is 0. The minimum absolute atomic E-state index is 0.226. The molecule has 0 aliphatic carbocycles. The van der Waals surface area contributed by atoms with E-state index in [1.807, 2.05) is 16.8 Å². The molecule has 0 saturated carbocycles. The summed E-state index contributed by atoms with van der Waals surface area (Å²) in [7, 11) is 4.91. The van der Waals surface area contributed by atoms with Crippen molar-refractivity contribution in [2.45, 2.75) is 25.4 Å². The molecule has 0 unspecified atom stereocenters. The van der Waals surface area contributed by atoms with Crippen molar-refractivity contribution in [1.82, 2.24) is 25.2 Å². The van der Waals surface area contributed by atoms with Crippen molar-refractivity contribution < 1.29 is 19.0 Å². The first kappa shape index (κ1) is 21.1. The number of carbonyl (C=O) groups excluding carboxylic acids is 1. The fourth-order valence-corrected chi connectivity index (χ4v) is 3.58. The summed E-state index contributed by atoms with van der Waals surface area (Å²) in [5.74, 6) is 1.31. The van der Waals surface area contributed by atoms with Gasteiger partial charge in [-0.05, 0) is 18.9 Å². The van der Waals surface area contributed by atoms with Gasteiger partial charge in [0.25, 0.3) is 5.91 Å². The van der Waals surface area contributed by atoms with Gasteiger partial charge in [-0.15, -0.1) is 5.10 Å². The standard InChI is InChI=1S/C20H29N5O4/c1-27-12-9-21-20(26)17-14-25(23-22-17)16-7-10-24(11-8-16)13-15-5-4-6-18(28-2)19(15)29-3/h4-6,14,16H,7-13H2,1-3H3,(H,21,26). The molecule has 2 aromatic rings. The van der Waals surface area contributed by atoms with Crippen LogP contribution in [0.4, 0.5) is 0 Å². The zero-order valence-electron chi connectivity index (χ0n) is 17.3. The molecule has 1 saturated heterocycles. The number of hydrogen-bond acceptors (Lipinski definition) is 7. The van der Waals surface area contributed by atoms with Crippen molar-refractivity contribution >= 4 is 5.91 Å². The number of rotatable bonds is 9. The van der Waals surface area contributed by atoms with Crippen molar-refractivity contribution in [2.24, 2.45) is 0 Å². The van der Waals surface area contributed by atoms with Crippen LogP contribution in [0.2, 0.25) is 0 Å². The molecule has 1 aromatic heterocycles. The smallest absolute Gasteiger partial charge is 0.273 e. The molecule has 1 aromatic carbocycles. The van der Waals surface area contributed by atoms with E-state index in [0.29, 0.717) is 18.8 Å². The van der Waals surface area contributed by atoms with E-state index in [-0.39, 0.29) is 11.9 Å². The quantitative estimate of drug-likeness (QED) is 0.635. The van der Waals surface area contributed by atoms with Gasteiger partial charge in [-0.3, -0.25) is 9.69 Å². The van der Waals surface area contributed by atoms with E-state index < -0.39 is 0 Å². The number of benzene rings is 1. The Morgan fingerprint density at radius 1 is 1.21 bits per heavy atom. The Morgan fingerprint density at radius 2 is 2.00 bits per heavy atom. The average molecular weight is 403 g/mol. The highest BCUT2D eigenvalue weighted by Gasteiger charge is 2.24. The number of ether oxygens (including phenoxy) is 3. The highest BCUT2D eigenvalue weighted by Crippen LogP contribution is 2.32. The van der Waals surface area contributed by atoms with Crippen molar-refractivity contribution in [2.75, 3.05) is 47.6 Å². The van der Waals surface area contributed by atoms with Gasteiger partial charge in [0.1, 0.15) is 0 Å². The maximum absolute atomic E-state index is 12.1. The minimum atomic E-state index is -0.226. The summed E-state index contributed by atoms with van der Waals surface area (Å²) in [5.41, 5.74) is 1.45. The SMILES string of the molecule is COCCNC(=O)c1cn(C2CCN(Cc3cccc(OC)c3OC)CC2)nn1. The largest absolute Gasteiger partial charge is 0.493 e. The van der Waals surface area contributed by atoms with Crippen molar-refractivity contribution in [3.8, 4) is 11.5 Å². The number of carbonyl (C=O) groups is 1. The average Bonchev–Trinajstić information content (AvgIpc) is 3.24. The molecule has 2 heterocycles. The Kier molecular flexibility index (Phi) is 7.42. The van der Waals surface area contributed by atoms with Crippen LogP contribution in [-0.4, -0.2) is 73.4 Å². The summed E-state index contributed by atoms with van der Waals surface area (Å²) in [6, 6.07) is 6.20. The van der Waals surface area contributed by atoms with Gasteiger partial charge < -0.3 is 19.5 Å². The summed E-state index contributed by atoms with van der Waals surface area (Å²) in [6.45, 7) is 3.59. The third kappa shape index (κ3) is 5.24. The highest BCUT2D eigenvalue weighted by molar-refractivity contribution is 5.91. The lowest BCUT2D eigenvalue weighted by atomic mass is 10.0. The molecule has 0 spiro atoms. The normalized spacial score (nSPS) is 15.3. The Bertz CT molecular complexity index is 802. The van der Waals surface area contributed by atoms with Crippen LogP contribution in [0.15, 0.2) is 24.4 Å². The van der Waals surface area contributed by atoms with E-state index in [4.69, 9.17) is 14.2 Å². The molecule has 29 heavy (non-hydrogen) atoms. The lowest BCUT2D eigenvalue weighted by molar-refractivity contribution is 0.0932. The first-order chi connectivity index (χ1) is 14.2. The second-order valence-electron chi connectivity index (χ2n) is 6.99. The molecule has 0 atom stereocenters. The lowest BCUT2D eigenvalue weighted by Gasteiger charge is -2.32. The number of piperidine rings is 1. The number of hydrogen-bond donors (Lipinski definition) is 1. The third-order valence-corrected chi connectivity index (χ3v) is 5.14. The van der Waals surface area contributed by atoms with Gasteiger partial charge in [-0.2, -0.15) is 0 Å². The molecule has 158 valence electrons. The summed E-state index contributed by atoms with van der Waals surface area (Å²) in [5, 5.41) is 10.9. The monoisotopic (exact) mass is 403 g/mol. The Morgan fingerprint density at radius 3 is 2.69 bits per heavy atom. The molecule has 9 heteroatoms. The van der Waals surface area contributed by atoms with Crippen molar-refractivity contribution in [1.29, 1.82) is 0 Å². The molecule has 1 N–H and O–H groups in total. The van der Waals surface area contributed by atoms with Gasteiger partial charge in [-0.1, -0.05) is 17.3 Å². The van der Waals surface area contributed by atoms with E-state index >= 15 is 0 Å². The van der Waals surface area contributed by atoms with E-state index in [2.05, 4.69) is 26.6 Å². The van der Waals surface area contributed by atoms with Crippen molar-refractivity contribution in [3.05, 3.63) is 35.7 Å². The zero-order chi connectivity index (χ0) is 20.6. The molecule has 0 bridgehead atoms. The van der Waals surface area contributed by atoms with Crippen LogP contribution >= 0.6 is 0 Å². The van der Waals surface area contributed by atoms with E-state index in [1.54, 1.807) is 27.5 Å². The molecular formula is C20H29N5O4. The van der Waals surface area contributed by atoms with Gasteiger partial charge in [0.05, 0.1) is 33.1 Å². The number of nitrogens with one attached hydrogen (secondary N) is 1. The summed E-state index contributed by atoms with van der Waals surface area (Å²) < 4.78 is 17.7. The van der Waals surface area contributed by atoms with E-state index in [0.717, 1.165) is 49.5 Å². The summed E-state index contributed by atoms with van der Waals surface area (Å²) in [6.07, 6.45) is 3.62.